The number of nitrogens with one attached hydrogen (secondary N) is 2. The normalized spacial score (nSPS) is 35.3. The molecule has 0 aromatic rings. The number of allylic oxidation sites excluding steroid dienone is 2. The van der Waals surface area contributed by atoms with Gasteiger partial charge in [0.05, 0.1) is 5.71 Å². The van der Waals surface area contributed by atoms with Gasteiger partial charge in [-0.2, -0.15) is 0 Å². The van der Waals surface area contributed by atoms with Gasteiger partial charge >= 0.3 is 5.97 Å². The minimum absolute atomic E-state index is 0.142. The van der Waals surface area contributed by atoms with E-state index in [1.165, 1.54) is 25.3 Å². The average molecular weight is 558 g/mol. The fourth-order valence-corrected chi connectivity index (χ4v) is 8.68. The van der Waals surface area contributed by atoms with Crippen molar-refractivity contribution in [1.82, 2.24) is 10.6 Å². The predicted molar refractivity (Wildman–Crippen MR) is 151 cm³/mol. The minimum Gasteiger partial charge on any atom is -0.480 e. The molecule has 0 aromatic heterocycles. The highest BCUT2D eigenvalue weighted by Gasteiger charge is 2.59. The van der Waals surface area contributed by atoms with Crippen molar-refractivity contribution >= 4 is 29.3 Å². The summed E-state index contributed by atoms with van der Waals surface area (Å²) in [5, 5.41) is 18.5. The first kappa shape index (κ1) is 30.3. The third-order valence-electron chi connectivity index (χ3n) is 10.8. The van der Waals surface area contributed by atoms with Crippen molar-refractivity contribution in [2.75, 3.05) is 6.61 Å². The number of fused-ring (bicyclic) bond motifs is 5. The Morgan fingerprint density at radius 1 is 1.07 bits per heavy atom. The molecule has 3 saturated carbocycles. The van der Waals surface area contributed by atoms with E-state index in [9.17, 15) is 24.3 Å². The Balaban J connectivity index is 1.31. The Bertz CT molecular complexity index is 1080. The zero-order chi connectivity index (χ0) is 29.2. The predicted octanol–water partition coefficient (Wildman–Crippen LogP) is 4.40. The third kappa shape index (κ3) is 5.84. The minimum atomic E-state index is -1.10. The Labute approximate surface area is 237 Å². The van der Waals surface area contributed by atoms with Crippen molar-refractivity contribution in [2.24, 2.45) is 39.7 Å². The van der Waals surface area contributed by atoms with E-state index in [1.54, 1.807) is 6.92 Å². The molecule has 8 atom stereocenters. The van der Waals surface area contributed by atoms with Crippen LogP contribution in [-0.4, -0.2) is 53.1 Å². The highest BCUT2D eigenvalue weighted by Crippen LogP contribution is 2.66. The second-order valence-electron chi connectivity index (χ2n) is 13.1. The van der Waals surface area contributed by atoms with Crippen LogP contribution in [0.15, 0.2) is 16.8 Å². The highest BCUT2D eigenvalue weighted by atomic mass is 16.6. The Hall–Kier alpha value is -2.71. The summed E-state index contributed by atoms with van der Waals surface area (Å²) in [5.74, 6) is 0.407. The maximum atomic E-state index is 12.4. The number of carboxylic acids is 1. The van der Waals surface area contributed by atoms with E-state index in [-0.39, 0.29) is 23.4 Å². The van der Waals surface area contributed by atoms with Crippen LogP contribution in [0, 0.1) is 34.5 Å². The molecule has 9 heteroatoms. The van der Waals surface area contributed by atoms with Gasteiger partial charge in [-0.3, -0.25) is 14.4 Å². The van der Waals surface area contributed by atoms with Crippen LogP contribution in [0.4, 0.5) is 0 Å². The molecule has 4 rings (SSSR count). The molecule has 0 radical (unpaired) electrons. The van der Waals surface area contributed by atoms with E-state index in [1.807, 2.05) is 6.92 Å². The fourth-order valence-electron chi connectivity index (χ4n) is 8.68. The summed E-state index contributed by atoms with van der Waals surface area (Å²) in [6.45, 7) is 9.61. The van der Waals surface area contributed by atoms with Gasteiger partial charge in [-0.05, 0) is 106 Å². The maximum Gasteiger partial charge on any atom is 0.326 e. The zero-order valence-corrected chi connectivity index (χ0v) is 24.8. The Morgan fingerprint density at radius 2 is 1.82 bits per heavy atom. The maximum absolute atomic E-state index is 12.4. The summed E-state index contributed by atoms with van der Waals surface area (Å²) in [6, 6.07) is -1.87. The molecule has 3 fully saturated rings. The van der Waals surface area contributed by atoms with E-state index in [0.717, 1.165) is 44.2 Å². The van der Waals surface area contributed by atoms with Gasteiger partial charge in [0.1, 0.15) is 17.9 Å². The number of aliphatic carboxylic acids is 1. The van der Waals surface area contributed by atoms with Crippen molar-refractivity contribution in [3.8, 4) is 0 Å². The number of ketones is 1. The van der Waals surface area contributed by atoms with Crippen LogP contribution in [0.3, 0.4) is 0 Å². The number of oxime groups is 1. The molecule has 0 aromatic carbocycles. The molecule has 0 heterocycles. The lowest BCUT2D eigenvalue weighted by Gasteiger charge is -2.58. The lowest BCUT2D eigenvalue weighted by molar-refractivity contribution is -0.142. The largest absolute Gasteiger partial charge is 0.480 e. The summed E-state index contributed by atoms with van der Waals surface area (Å²) < 4.78 is 0. The molecule has 2 amide bonds. The van der Waals surface area contributed by atoms with Crippen molar-refractivity contribution in [3.05, 3.63) is 11.6 Å². The second kappa shape index (κ2) is 12.0. The van der Waals surface area contributed by atoms with E-state index < -0.39 is 29.9 Å². The van der Waals surface area contributed by atoms with Crippen molar-refractivity contribution in [1.29, 1.82) is 0 Å². The van der Waals surface area contributed by atoms with Gasteiger partial charge in [-0.1, -0.05) is 37.9 Å². The van der Waals surface area contributed by atoms with Gasteiger partial charge in [0, 0.05) is 5.92 Å². The van der Waals surface area contributed by atoms with Gasteiger partial charge in [0.25, 0.3) is 5.91 Å². The summed E-state index contributed by atoms with van der Waals surface area (Å²) in [5.41, 5.74) is 2.57. The standard InChI is InChI=1S/C31H47N3O6/c1-6-7-26(29(38)39)33-28(37)18(2)32-27(36)17-40-34-21-12-14-30(4)20(16-21)8-9-22-24-11-10-23(19(3)35)31(24,5)15-13-25(22)30/h16,18,22-26H,6-15,17H2,1-5H3,(H,32,36)(H,33,37)(H,38,39)/b34-21+/t18-,22+,23+,24-,25-,26-,30-,31+/m0/s1. The molecule has 0 spiro atoms. The second-order valence-corrected chi connectivity index (χ2v) is 13.1. The van der Waals surface area contributed by atoms with E-state index in [4.69, 9.17) is 4.84 Å². The summed E-state index contributed by atoms with van der Waals surface area (Å²) >= 11 is 0. The number of rotatable bonds is 10. The lowest BCUT2D eigenvalue weighted by atomic mass is 9.46. The molecule has 222 valence electrons. The zero-order valence-electron chi connectivity index (χ0n) is 24.8. The quantitative estimate of drug-likeness (QED) is 0.341. The molecule has 4 aliphatic carbocycles. The van der Waals surface area contributed by atoms with Crippen LogP contribution in [0.1, 0.15) is 98.8 Å². The number of Topliss-reactive ketones (excluding diaryl/α,β-unsaturated/α-hetero) is 1. The first-order valence-corrected chi connectivity index (χ1v) is 15.1. The summed E-state index contributed by atoms with van der Waals surface area (Å²) in [7, 11) is 0. The van der Waals surface area contributed by atoms with Crippen molar-refractivity contribution in [2.45, 2.75) is 111 Å². The number of nitrogens with zero attached hydrogens (tertiary/aromatic N) is 1. The first-order valence-electron chi connectivity index (χ1n) is 15.1. The molecule has 0 saturated heterocycles. The van der Waals surface area contributed by atoms with E-state index in [0.29, 0.717) is 36.4 Å². The third-order valence-corrected chi connectivity index (χ3v) is 10.8. The summed E-state index contributed by atoms with van der Waals surface area (Å²) in [6.07, 6.45) is 11.6. The molecule has 4 aliphatic rings. The number of hydrogen-bond donors (Lipinski definition) is 3. The number of carbonyl (C=O) groups is 4. The van der Waals surface area contributed by atoms with Gasteiger partial charge in [-0.15, -0.1) is 0 Å². The van der Waals surface area contributed by atoms with Crippen LogP contribution >= 0.6 is 0 Å². The van der Waals surface area contributed by atoms with Crippen LogP contribution in [0.2, 0.25) is 0 Å². The topological polar surface area (TPSA) is 134 Å². The van der Waals surface area contributed by atoms with Crippen molar-refractivity contribution < 1.29 is 29.1 Å². The smallest absolute Gasteiger partial charge is 0.326 e. The molecule has 0 aliphatic heterocycles. The molecule has 9 nitrogen and oxygen atoms in total. The number of carboxylic acid groups (broad SMARTS) is 1. The van der Waals surface area contributed by atoms with E-state index in [2.05, 4.69) is 35.7 Å². The fraction of sp³-hybridized carbons (Fsp3) is 0.774. The Morgan fingerprint density at radius 3 is 2.50 bits per heavy atom. The van der Waals surface area contributed by atoms with Gasteiger partial charge < -0.3 is 20.6 Å². The Kier molecular flexibility index (Phi) is 9.10. The molecule has 0 bridgehead atoms. The monoisotopic (exact) mass is 557 g/mol. The van der Waals surface area contributed by atoms with Crippen LogP contribution in [0.25, 0.3) is 0 Å². The molecular weight excluding hydrogens is 510 g/mol. The van der Waals surface area contributed by atoms with Gasteiger partial charge in [0.15, 0.2) is 6.61 Å². The number of amides is 2. The van der Waals surface area contributed by atoms with Crippen LogP contribution in [0.5, 0.6) is 0 Å². The lowest BCUT2D eigenvalue weighted by Crippen LogP contribution is -2.51. The highest BCUT2D eigenvalue weighted by molar-refractivity contribution is 5.96. The molecule has 0 unspecified atom stereocenters. The average Bonchev–Trinajstić information content (AvgIpc) is 3.26. The van der Waals surface area contributed by atoms with Gasteiger partial charge in [0.2, 0.25) is 5.91 Å². The number of carbonyl (C=O) groups excluding carboxylic acids is 3. The van der Waals surface area contributed by atoms with Crippen LogP contribution < -0.4 is 10.6 Å². The number of hydrogen-bond acceptors (Lipinski definition) is 6. The van der Waals surface area contributed by atoms with Crippen molar-refractivity contribution in [3.63, 3.8) is 0 Å². The van der Waals surface area contributed by atoms with E-state index >= 15 is 0 Å². The SMILES string of the molecule is CCC[C@H](NC(=O)[C@H](C)NC(=O)CO/N=C1/C=C2CC[C@@H]3[C@@H]4CC[C@H](C(C)=O)[C@@]4(C)CC[C@@H]3[C@@]2(C)CC1)C(=O)O. The van der Waals surface area contributed by atoms with Crippen LogP contribution in [-0.2, 0) is 24.0 Å². The molecule has 3 N–H and O–H groups in total. The summed E-state index contributed by atoms with van der Waals surface area (Å²) in [4.78, 5) is 53.7. The molecular formula is C31H47N3O6. The first-order chi connectivity index (χ1) is 18.9. The molecule has 40 heavy (non-hydrogen) atoms. The van der Waals surface area contributed by atoms with Gasteiger partial charge in [-0.25, -0.2) is 4.79 Å².